The van der Waals surface area contributed by atoms with Crippen molar-refractivity contribution in [2.75, 3.05) is 24.6 Å². The van der Waals surface area contributed by atoms with Crippen molar-refractivity contribution in [3.8, 4) is 5.75 Å². The SMILES string of the molecule is O=C1NCC(CN(C(=O)C2CCOc3cc(Cl)ccc32)c2cncc3ccccc23)C(=O)N1. The number of pyridine rings is 1. The maximum Gasteiger partial charge on any atom is 0.321 e. The van der Waals surface area contributed by atoms with Crippen molar-refractivity contribution in [1.82, 2.24) is 15.6 Å². The Kier molecular flexibility index (Phi) is 5.60. The standard InChI is InChI=1S/C24H21ClN4O4/c25-16-5-6-18-19(7-8-33-21(18)9-16)23(31)29(13-15-11-27-24(32)28-22(15)30)20-12-26-10-14-3-1-2-4-17(14)20/h1-6,9-10,12,15,19H,7-8,11,13H2,(H2,27,28,30,32). The Morgan fingerprint density at radius 1 is 1.18 bits per heavy atom. The van der Waals surface area contributed by atoms with Crippen LogP contribution in [0.25, 0.3) is 10.8 Å². The Morgan fingerprint density at radius 3 is 2.88 bits per heavy atom. The number of nitrogens with one attached hydrogen (secondary N) is 2. The van der Waals surface area contributed by atoms with Crippen LogP contribution in [-0.4, -0.2) is 42.5 Å². The molecule has 2 aliphatic heterocycles. The van der Waals surface area contributed by atoms with Crippen molar-refractivity contribution in [1.29, 1.82) is 0 Å². The van der Waals surface area contributed by atoms with Gasteiger partial charge in [-0.3, -0.25) is 19.9 Å². The Morgan fingerprint density at radius 2 is 2.03 bits per heavy atom. The first kappa shape index (κ1) is 21.2. The summed E-state index contributed by atoms with van der Waals surface area (Å²) in [6, 6.07) is 12.4. The largest absolute Gasteiger partial charge is 0.493 e. The van der Waals surface area contributed by atoms with Crippen molar-refractivity contribution < 1.29 is 19.1 Å². The van der Waals surface area contributed by atoms with Gasteiger partial charge < -0.3 is 15.0 Å². The lowest BCUT2D eigenvalue weighted by atomic mass is 9.91. The normalized spacial score (nSPS) is 19.8. The van der Waals surface area contributed by atoms with Crippen LogP contribution in [0, 0.1) is 5.92 Å². The number of benzene rings is 2. The summed E-state index contributed by atoms with van der Waals surface area (Å²) in [5, 5.41) is 7.19. The monoisotopic (exact) mass is 464 g/mol. The molecule has 33 heavy (non-hydrogen) atoms. The highest BCUT2D eigenvalue weighted by atomic mass is 35.5. The predicted molar refractivity (Wildman–Crippen MR) is 123 cm³/mol. The quantitative estimate of drug-likeness (QED) is 0.617. The van der Waals surface area contributed by atoms with Crippen LogP contribution in [0.2, 0.25) is 5.02 Å². The Labute approximate surface area is 194 Å². The van der Waals surface area contributed by atoms with Gasteiger partial charge in [0.05, 0.1) is 30.3 Å². The molecule has 1 fully saturated rings. The van der Waals surface area contributed by atoms with Crippen LogP contribution < -0.4 is 20.3 Å². The number of aromatic nitrogens is 1. The van der Waals surface area contributed by atoms with Gasteiger partial charge in [0.15, 0.2) is 0 Å². The third-order valence-corrected chi connectivity index (χ3v) is 6.27. The van der Waals surface area contributed by atoms with Gasteiger partial charge in [-0.2, -0.15) is 0 Å². The van der Waals surface area contributed by atoms with E-state index in [2.05, 4.69) is 15.6 Å². The lowest BCUT2D eigenvalue weighted by molar-refractivity contribution is -0.124. The molecule has 0 spiro atoms. The molecule has 2 unspecified atom stereocenters. The fourth-order valence-electron chi connectivity index (χ4n) is 4.37. The van der Waals surface area contributed by atoms with Gasteiger partial charge in [0.1, 0.15) is 5.75 Å². The van der Waals surface area contributed by atoms with E-state index in [9.17, 15) is 14.4 Å². The Hall–Kier alpha value is -3.65. The molecule has 168 valence electrons. The number of urea groups is 1. The molecule has 0 aliphatic carbocycles. The van der Waals surface area contributed by atoms with Gasteiger partial charge in [-0.1, -0.05) is 41.9 Å². The molecular weight excluding hydrogens is 444 g/mol. The minimum Gasteiger partial charge on any atom is -0.493 e. The topological polar surface area (TPSA) is 101 Å². The number of amides is 4. The molecule has 3 aromatic rings. The first-order valence-corrected chi connectivity index (χ1v) is 11.0. The van der Waals surface area contributed by atoms with E-state index in [1.807, 2.05) is 30.3 Å². The molecule has 4 amide bonds. The predicted octanol–water partition coefficient (Wildman–Crippen LogP) is 3.24. The van der Waals surface area contributed by atoms with Gasteiger partial charge in [-0.25, -0.2) is 4.79 Å². The molecule has 1 aromatic heterocycles. The molecule has 3 heterocycles. The highest BCUT2D eigenvalue weighted by molar-refractivity contribution is 6.30. The zero-order valence-corrected chi connectivity index (χ0v) is 18.3. The summed E-state index contributed by atoms with van der Waals surface area (Å²) in [6.07, 6.45) is 3.87. The highest BCUT2D eigenvalue weighted by Crippen LogP contribution is 2.38. The van der Waals surface area contributed by atoms with Crippen molar-refractivity contribution >= 4 is 45.9 Å². The summed E-state index contributed by atoms with van der Waals surface area (Å²) in [4.78, 5) is 44.0. The number of carbonyl (C=O) groups excluding carboxylic acids is 3. The number of nitrogens with zero attached hydrogens (tertiary/aromatic N) is 2. The molecule has 9 heteroatoms. The third-order valence-electron chi connectivity index (χ3n) is 6.04. The number of anilines is 1. The van der Waals surface area contributed by atoms with Gasteiger partial charge in [-0.15, -0.1) is 0 Å². The summed E-state index contributed by atoms with van der Waals surface area (Å²) >= 11 is 6.12. The number of rotatable bonds is 4. The zero-order chi connectivity index (χ0) is 22.9. The summed E-state index contributed by atoms with van der Waals surface area (Å²) in [5.74, 6) is -1.05. The zero-order valence-electron chi connectivity index (χ0n) is 17.6. The van der Waals surface area contributed by atoms with Crippen LogP contribution in [0.3, 0.4) is 0 Å². The molecule has 2 atom stereocenters. The van der Waals surface area contributed by atoms with Crippen LogP contribution in [0.5, 0.6) is 5.75 Å². The second-order valence-corrected chi connectivity index (χ2v) is 8.53. The number of halogens is 1. The van der Waals surface area contributed by atoms with E-state index in [0.29, 0.717) is 29.5 Å². The fourth-order valence-corrected chi connectivity index (χ4v) is 4.53. The number of ether oxygens (including phenoxy) is 1. The first-order valence-electron chi connectivity index (χ1n) is 10.7. The summed E-state index contributed by atoms with van der Waals surface area (Å²) < 4.78 is 5.74. The highest BCUT2D eigenvalue weighted by Gasteiger charge is 2.36. The maximum absolute atomic E-state index is 14.0. The van der Waals surface area contributed by atoms with E-state index in [0.717, 1.165) is 16.3 Å². The molecule has 8 nitrogen and oxygen atoms in total. The van der Waals surface area contributed by atoms with Crippen molar-refractivity contribution in [3.63, 3.8) is 0 Å². The number of hydrogen-bond donors (Lipinski definition) is 2. The third kappa shape index (κ3) is 4.09. The molecule has 0 saturated carbocycles. The molecule has 2 N–H and O–H groups in total. The van der Waals surface area contributed by atoms with Crippen LogP contribution in [0.4, 0.5) is 10.5 Å². The number of hydrogen-bond acceptors (Lipinski definition) is 5. The van der Waals surface area contributed by atoms with Crippen molar-refractivity contribution in [2.45, 2.75) is 12.3 Å². The molecule has 2 aromatic carbocycles. The lowest BCUT2D eigenvalue weighted by Gasteiger charge is -2.34. The number of fused-ring (bicyclic) bond motifs is 2. The minimum absolute atomic E-state index is 0.0981. The molecule has 5 rings (SSSR count). The summed E-state index contributed by atoms with van der Waals surface area (Å²) in [7, 11) is 0. The van der Waals surface area contributed by atoms with Crippen molar-refractivity contribution in [3.05, 3.63) is 65.4 Å². The molecular formula is C24H21ClN4O4. The van der Waals surface area contributed by atoms with E-state index < -0.39 is 23.8 Å². The average molecular weight is 465 g/mol. The van der Waals surface area contributed by atoms with Crippen LogP contribution in [0.15, 0.2) is 54.9 Å². The maximum atomic E-state index is 14.0. The minimum atomic E-state index is -0.602. The molecule has 1 saturated heterocycles. The van der Waals surface area contributed by atoms with Crippen LogP contribution in [-0.2, 0) is 9.59 Å². The summed E-state index contributed by atoms with van der Waals surface area (Å²) in [6.45, 7) is 0.624. The van der Waals surface area contributed by atoms with Gasteiger partial charge in [-0.05, 0) is 18.6 Å². The van der Waals surface area contributed by atoms with Crippen LogP contribution in [0.1, 0.15) is 17.9 Å². The average Bonchev–Trinajstić information content (AvgIpc) is 2.82. The second-order valence-electron chi connectivity index (χ2n) is 8.10. The smallest absolute Gasteiger partial charge is 0.321 e. The number of carbonyl (C=O) groups is 3. The molecule has 0 bridgehead atoms. The van der Waals surface area contributed by atoms with E-state index in [4.69, 9.17) is 16.3 Å². The Bertz CT molecular complexity index is 1260. The van der Waals surface area contributed by atoms with E-state index in [1.54, 1.807) is 29.4 Å². The summed E-state index contributed by atoms with van der Waals surface area (Å²) in [5.41, 5.74) is 1.38. The van der Waals surface area contributed by atoms with Crippen LogP contribution >= 0.6 is 11.6 Å². The van der Waals surface area contributed by atoms with Gasteiger partial charge in [0.2, 0.25) is 11.8 Å². The van der Waals surface area contributed by atoms with Gasteiger partial charge in [0.25, 0.3) is 0 Å². The lowest BCUT2D eigenvalue weighted by Crippen LogP contribution is -2.56. The van der Waals surface area contributed by atoms with Gasteiger partial charge in [0, 0.05) is 40.6 Å². The van der Waals surface area contributed by atoms with E-state index in [-0.39, 0.29) is 19.0 Å². The van der Waals surface area contributed by atoms with Crippen molar-refractivity contribution in [2.24, 2.45) is 5.92 Å². The second kappa shape index (κ2) is 8.71. The number of imide groups is 1. The van der Waals surface area contributed by atoms with E-state index in [1.165, 1.54) is 0 Å². The van der Waals surface area contributed by atoms with Gasteiger partial charge >= 0.3 is 6.03 Å². The Balaban J connectivity index is 1.56. The molecule has 2 aliphatic rings. The van der Waals surface area contributed by atoms with E-state index >= 15 is 0 Å². The first-order chi connectivity index (χ1) is 16.0. The fraction of sp³-hybridized carbons (Fsp3) is 0.250. The molecule has 0 radical (unpaired) electrons.